The summed E-state index contributed by atoms with van der Waals surface area (Å²) in [6, 6.07) is 17.2. The smallest absolute Gasteiger partial charge is 0.343 e. The molecule has 0 fully saturated rings. The maximum Gasteiger partial charge on any atom is 0.343 e. The van der Waals surface area contributed by atoms with Gasteiger partial charge in [-0.15, -0.1) is 0 Å². The number of anilines is 2. The number of nitrogens with zero attached hydrogens (tertiary/aromatic N) is 1. The molecular formula is C26H20ClIN2O4. The molecule has 1 aliphatic heterocycles. The largest absolute Gasteiger partial charge is 0.423 e. The molecule has 2 amide bonds. The average Bonchev–Trinajstić information content (AvgIpc) is 3.01. The van der Waals surface area contributed by atoms with E-state index >= 15 is 0 Å². The number of imide groups is 1. The Morgan fingerprint density at radius 3 is 2.24 bits per heavy atom. The Labute approximate surface area is 215 Å². The molecule has 4 rings (SSSR count). The summed E-state index contributed by atoms with van der Waals surface area (Å²) in [6.45, 7) is 5.81. The molecule has 34 heavy (non-hydrogen) atoms. The molecule has 3 aromatic rings. The minimum atomic E-state index is -0.598. The molecule has 0 radical (unpaired) electrons. The number of benzene rings is 3. The summed E-state index contributed by atoms with van der Waals surface area (Å²) in [5.41, 5.74) is 4.21. The minimum Gasteiger partial charge on any atom is -0.423 e. The van der Waals surface area contributed by atoms with E-state index in [0.717, 1.165) is 25.2 Å². The molecule has 1 aliphatic rings. The summed E-state index contributed by atoms with van der Waals surface area (Å²) in [5.74, 6) is -1.12. The third kappa shape index (κ3) is 4.71. The van der Waals surface area contributed by atoms with Gasteiger partial charge in [0.15, 0.2) is 0 Å². The Balaban J connectivity index is 1.49. The van der Waals surface area contributed by atoms with E-state index in [-0.39, 0.29) is 10.7 Å². The van der Waals surface area contributed by atoms with Crippen molar-refractivity contribution >= 4 is 63.4 Å². The molecule has 0 atom stereocenters. The van der Waals surface area contributed by atoms with Crippen LogP contribution in [0.4, 0.5) is 11.4 Å². The lowest BCUT2D eigenvalue weighted by Gasteiger charge is -2.15. The number of esters is 1. The van der Waals surface area contributed by atoms with Gasteiger partial charge >= 0.3 is 5.97 Å². The highest BCUT2D eigenvalue weighted by molar-refractivity contribution is 14.1. The lowest BCUT2D eigenvalue weighted by atomic mass is 10.1. The molecular weight excluding hydrogens is 567 g/mol. The Bertz CT molecular complexity index is 1350. The van der Waals surface area contributed by atoms with Gasteiger partial charge in [0.2, 0.25) is 0 Å². The first-order valence-corrected chi connectivity index (χ1v) is 11.8. The Morgan fingerprint density at radius 1 is 0.941 bits per heavy atom. The fourth-order valence-electron chi connectivity index (χ4n) is 3.54. The number of ether oxygens (including phenoxy) is 1. The van der Waals surface area contributed by atoms with Crippen LogP contribution in [0.15, 0.2) is 71.4 Å². The fourth-order valence-corrected chi connectivity index (χ4v) is 4.11. The molecule has 0 bridgehead atoms. The van der Waals surface area contributed by atoms with Crippen LogP contribution >= 0.6 is 34.2 Å². The van der Waals surface area contributed by atoms with Crippen molar-refractivity contribution in [1.29, 1.82) is 0 Å². The molecule has 0 saturated heterocycles. The van der Waals surface area contributed by atoms with E-state index in [4.69, 9.17) is 16.3 Å². The summed E-state index contributed by atoms with van der Waals surface area (Å²) in [7, 11) is 0. The maximum atomic E-state index is 12.9. The van der Waals surface area contributed by atoms with Gasteiger partial charge in [0.25, 0.3) is 11.8 Å². The number of amides is 2. The predicted octanol–water partition coefficient (Wildman–Crippen LogP) is 5.87. The highest BCUT2D eigenvalue weighted by atomic mass is 127. The van der Waals surface area contributed by atoms with Gasteiger partial charge in [-0.1, -0.05) is 17.7 Å². The van der Waals surface area contributed by atoms with Crippen LogP contribution in [0, 0.1) is 24.3 Å². The molecule has 0 unspecified atom stereocenters. The molecule has 1 N–H and O–H groups in total. The Hall–Kier alpha value is -3.17. The van der Waals surface area contributed by atoms with E-state index in [1.54, 1.807) is 48.5 Å². The van der Waals surface area contributed by atoms with Crippen molar-refractivity contribution in [3.05, 3.63) is 97.2 Å². The monoisotopic (exact) mass is 586 g/mol. The summed E-state index contributed by atoms with van der Waals surface area (Å²) in [4.78, 5) is 39.2. The fraction of sp³-hybridized carbons (Fsp3) is 0.115. The van der Waals surface area contributed by atoms with E-state index in [0.29, 0.717) is 22.7 Å². The number of aryl methyl sites for hydroxylation is 2. The summed E-state index contributed by atoms with van der Waals surface area (Å²) >= 11 is 8.33. The van der Waals surface area contributed by atoms with Gasteiger partial charge in [0, 0.05) is 9.26 Å². The first kappa shape index (κ1) is 24.0. The molecule has 6 nitrogen and oxygen atoms in total. The molecule has 0 saturated carbocycles. The molecule has 0 aliphatic carbocycles. The van der Waals surface area contributed by atoms with Gasteiger partial charge in [-0.3, -0.25) is 9.59 Å². The van der Waals surface area contributed by atoms with Crippen molar-refractivity contribution in [1.82, 2.24) is 0 Å². The van der Waals surface area contributed by atoms with Crippen LogP contribution < -0.4 is 15.0 Å². The van der Waals surface area contributed by atoms with E-state index in [9.17, 15) is 14.4 Å². The van der Waals surface area contributed by atoms with Crippen molar-refractivity contribution in [2.75, 3.05) is 10.2 Å². The third-order valence-corrected chi connectivity index (χ3v) is 6.54. The first-order valence-electron chi connectivity index (χ1n) is 10.4. The molecule has 1 heterocycles. The van der Waals surface area contributed by atoms with E-state index in [1.165, 1.54) is 0 Å². The standard InChI is InChI=1S/C26H20ClIN2O4/c1-14-12-15(2)16(3)21(13-14)34-26(33)17-4-8-19(9-5-17)29-23-22(27)24(31)30(25(23)32)20-10-6-18(28)7-11-20/h4-13,29H,1-3H3. The van der Waals surface area contributed by atoms with Crippen LogP contribution in [-0.4, -0.2) is 17.8 Å². The maximum absolute atomic E-state index is 12.9. The Morgan fingerprint density at radius 2 is 1.59 bits per heavy atom. The molecule has 8 heteroatoms. The number of carbonyl (C=O) groups excluding carboxylic acids is 3. The van der Waals surface area contributed by atoms with Gasteiger partial charge < -0.3 is 10.1 Å². The highest BCUT2D eigenvalue weighted by Gasteiger charge is 2.38. The molecule has 0 aromatic heterocycles. The van der Waals surface area contributed by atoms with Crippen molar-refractivity contribution in [2.45, 2.75) is 20.8 Å². The topological polar surface area (TPSA) is 75.7 Å². The summed E-state index contributed by atoms with van der Waals surface area (Å²) < 4.78 is 6.57. The number of hydrogen-bond acceptors (Lipinski definition) is 5. The lowest BCUT2D eigenvalue weighted by molar-refractivity contribution is -0.120. The normalized spacial score (nSPS) is 13.5. The number of carbonyl (C=O) groups is 3. The number of rotatable bonds is 5. The molecule has 172 valence electrons. The van der Waals surface area contributed by atoms with Crippen molar-refractivity contribution in [3.8, 4) is 5.75 Å². The zero-order chi connectivity index (χ0) is 24.6. The molecule has 3 aromatic carbocycles. The SMILES string of the molecule is Cc1cc(C)c(C)c(OC(=O)c2ccc(NC3=C(Cl)C(=O)N(c4ccc(I)cc4)C3=O)cc2)c1. The Kier molecular flexibility index (Phi) is 6.77. The van der Waals surface area contributed by atoms with Gasteiger partial charge in [-0.2, -0.15) is 0 Å². The molecule has 0 spiro atoms. The van der Waals surface area contributed by atoms with E-state index < -0.39 is 17.8 Å². The second-order valence-electron chi connectivity index (χ2n) is 7.91. The van der Waals surface area contributed by atoms with Crippen molar-refractivity contribution in [3.63, 3.8) is 0 Å². The van der Waals surface area contributed by atoms with E-state index in [1.807, 2.05) is 32.9 Å². The average molecular weight is 587 g/mol. The minimum absolute atomic E-state index is 0.0218. The predicted molar refractivity (Wildman–Crippen MR) is 140 cm³/mol. The van der Waals surface area contributed by atoms with Gasteiger partial charge in [0.05, 0.1) is 11.3 Å². The summed E-state index contributed by atoms with van der Waals surface area (Å²) in [5, 5.41) is 2.71. The number of hydrogen-bond donors (Lipinski definition) is 1. The highest BCUT2D eigenvalue weighted by Crippen LogP contribution is 2.31. The van der Waals surface area contributed by atoms with Crippen molar-refractivity contribution in [2.24, 2.45) is 0 Å². The number of halogens is 2. The first-order chi connectivity index (χ1) is 16.2. The third-order valence-electron chi connectivity index (χ3n) is 5.47. The van der Waals surface area contributed by atoms with Gasteiger partial charge in [-0.05, 0) is 115 Å². The summed E-state index contributed by atoms with van der Waals surface area (Å²) in [6.07, 6.45) is 0. The van der Waals surface area contributed by atoms with Crippen LogP contribution in [0.2, 0.25) is 0 Å². The lowest BCUT2D eigenvalue weighted by Crippen LogP contribution is -2.32. The quantitative estimate of drug-likeness (QED) is 0.175. The van der Waals surface area contributed by atoms with Crippen LogP contribution in [0.5, 0.6) is 5.75 Å². The van der Waals surface area contributed by atoms with Crippen LogP contribution in [0.25, 0.3) is 0 Å². The number of nitrogens with one attached hydrogen (secondary N) is 1. The van der Waals surface area contributed by atoms with E-state index in [2.05, 4.69) is 27.9 Å². The van der Waals surface area contributed by atoms with Crippen molar-refractivity contribution < 1.29 is 19.1 Å². The zero-order valence-electron chi connectivity index (χ0n) is 18.6. The van der Waals surface area contributed by atoms with Crippen LogP contribution in [0.3, 0.4) is 0 Å². The van der Waals surface area contributed by atoms with Crippen LogP contribution in [0.1, 0.15) is 27.0 Å². The van der Waals surface area contributed by atoms with Gasteiger partial charge in [-0.25, -0.2) is 9.69 Å². The van der Waals surface area contributed by atoms with Gasteiger partial charge in [0.1, 0.15) is 16.5 Å². The second-order valence-corrected chi connectivity index (χ2v) is 9.53. The zero-order valence-corrected chi connectivity index (χ0v) is 21.5. The second kappa shape index (κ2) is 9.60. The van der Waals surface area contributed by atoms with Crippen LogP contribution in [-0.2, 0) is 9.59 Å².